The van der Waals surface area contributed by atoms with E-state index in [0.717, 1.165) is 0 Å². The Kier molecular flexibility index (Phi) is 7.40. The van der Waals surface area contributed by atoms with Crippen molar-refractivity contribution < 1.29 is 18.7 Å². The van der Waals surface area contributed by atoms with Crippen molar-refractivity contribution in [3.8, 4) is 5.75 Å². The molecule has 5 nitrogen and oxygen atoms in total. The van der Waals surface area contributed by atoms with Crippen LogP contribution in [0.25, 0.3) is 6.08 Å². The smallest absolute Gasteiger partial charge is 0.272 e. The highest BCUT2D eigenvalue weighted by Gasteiger charge is 2.17. The highest BCUT2D eigenvalue weighted by Crippen LogP contribution is 2.18. The fourth-order valence-electron chi connectivity index (χ4n) is 2.72. The summed E-state index contributed by atoms with van der Waals surface area (Å²) in [4.78, 5) is 25.6. The lowest BCUT2D eigenvalue weighted by molar-refractivity contribution is -0.113. The van der Waals surface area contributed by atoms with E-state index < -0.39 is 17.6 Å². The molecule has 2 amide bonds. The Morgan fingerprint density at radius 1 is 1.00 bits per heavy atom. The van der Waals surface area contributed by atoms with Crippen molar-refractivity contribution in [3.05, 3.63) is 100 Å². The van der Waals surface area contributed by atoms with Gasteiger partial charge in [-0.25, -0.2) is 4.39 Å². The van der Waals surface area contributed by atoms with Crippen LogP contribution in [0.2, 0.25) is 5.02 Å². The molecule has 0 saturated heterocycles. The zero-order valence-corrected chi connectivity index (χ0v) is 17.4. The molecule has 0 radical (unpaired) electrons. The van der Waals surface area contributed by atoms with Crippen molar-refractivity contribution >= 4 is 35.2 Å². The number of carbonyl (C=O) groups is 2. The lowest BCUT2D eigenvalue weighted by Gasteiger charge is -2.12. The SMILES string of the molecule is CCOc1ccc(NC(=O)/C(=C\c2ccc(F)cc2)NC(=O)c2ccccc2Cl)cc1. The number of ether oxygens (including phenoxy) is 1. The predicted molar refractivity (Wildman–Crippen MR) is 120 cm³/mol. The van der Waals surface area contributed by atoms with Gasteiger partial charge in [-0.3, -0.25) is 9.59 Å². The average Bonchev–Trinajstić information content (AvgIpc) is 2.76. The Bertz CT molecular complexity index is 1100. The lowest BCUT2D eigenvalue weighted by Crippen LogP contribution is -2.30. The van der Waals surface area contributed by atoms with Gasteiger partial charge in [-0.05, 0) is 67.1 Å². The van der Waals surface area contributed by atoms with E-state index in [-0.39, 0.29) is 16.3 Å². The Hall–Kier alpha value is -3.64. The van der Waals surface area contributed by atoms with Crippen LogP contribution in [-0.2, 0) is 4.79 Å². The molecule has 0 unspecified atom stereocenters. The van der Waals surface area contributed by atoms with Gasteiger partial charge >= 0.3 is 0 Å². The molecule has 0 bridgehead atoms. The average molecular weight is 439 g/mol. The van der Waals surface area contributed by atoms with Crippen molar-refractivity contribution in [2.45, 2.75) is 6.92 Å². The Balaban J connectivity index is 1.85. The molecular weight excluding hydrogens is 419 g/mol. The molecule has 3 aromatic carbocycles. The third kappa shape index (κ3) is 6.17. The van der Waals surface area contributed by atoms with Gasteiger partial charge in [0, 0.05) is 5.69 Å². The van der Waals surface area contributed by atoms with Crippen LogP contribution >= 0.6 is 11.6 Å². The highest BCUT2D eigenvalue weighted by atomic mass is 35.5. The van der Waals surface area contributed by atoms with E-state index >= 15 is 0 Å². The number of hydrogen-bond acceptors (Lipinski definition) is 3. The minimum Gasteiger partial charge on any atom is -0.494 e. The summed E-state index contributed by atoms with van der Waals surface area (Å²) in [5.74, 6) is -0.818. The van der Waals surface area contributed by atoms with Crippen molar-refractivity contribution in [2.24, 2.45) is 0 Å². The standard InChI is InChI=1S/C24H20ClFN2O3/c1-2-31-19-13-11-18(12-14-19)27-24(30)22(15-16-7-9-17(26)10-8-16)28-23(29)20-5-3-4-6-21(20)25/h3-15H,2H2,1H3,(H,27,30)(H,28,29)/b22-15+. The number of hydrogen-bond donors (Lipinski definition) is 2. The Labute approximate surface area is 184 Å². The second-order valence-electron chi connectivity index (χ2n) is 6.46. The van der Waals surface area contributed by atoms with Gasteiger partial charge in [0.25, 0.3) is 11.8 Å². The molecule has 3 rings (SSSR count). The summed E-state index contributed by atoms with van der Waals surface area (Å²) in [6.45, 7) is 2.41. The summed E-state index contributed by atoms with van der Waals surface area (Å²) in [6, 6.07) is 18.9. The van der Waals surface area contributed by atoms with Crippen molar-refractivity contribution in [2.75, 3.05) is 11.9 Å². The number of amides is 2. The van der Waals surface area contributed by atoms with E-state index in [0.29, 0.717) is 23.6 Å². The van der Waals surface area contributed by atoms with E-state index in [4.69, 9.17) is 16.3 Å². The van der Waals surface area contributed by atoms with Crippen LogP contribution in [0, 0.1) is 5.82 Å². The lowest BCUT2D eigenvalue weighted by atomic mass is 10.1. The zero-order valence-electron chi connectivity index (χ0n) is 16.7. The number of halogens is 2. The summed E-state index contributed by atoms with van der Waals surface area (Å²) < 4.78 is 18.6. The molecular formula is C24H20ClFN2O3. The largest absolute Gasteiger partial charge is 0.494 e. The molecule has 3 aromatic rings. The highest BCUT2D eigenvalue weighted by molar-refractivity contribution is 6.34. The minimum absolute atomic E-state index is 0.0228. The van der Waals surface area contributed by atoms with Crippen LogP contribution < -0.4 is 15.4 Å². The number of rotatable bonds is 7. The van der Waals surface area contributed by atoms with Crippen LogP contribution in [0.4, 0.5) is 10.1 Å². The van der Waals surface area contributed by atoms with Gasteiger partial charge < -0.3 is 15.4 Å². The fraction of sp³-hybridized carbons (Fsp3) is 0.0833. The maximum atomic E-state index is 13.2. The number of nitrogens with one attached hydrogen (secondary N) is 2. The van der Waals surface area contributed by atoms with Crippen LogP contribution in [0.1, 0.15) is 22.8 Å². The van der Waals surface area contributed by atoms with E-state index in [9.17, 15) is 14.0 Å². The van der Waals surface area contributed by atoms with E-state index in [1.54, 1.807) is 48.5 Å². The second-order valence-corrected chi connectivity index (χ2v) is 6.86. The van der Waals surface area contributed by atoms with Gasteiger partial charge in [0.15, 0.2) is 0 Å². The quantitative estimate of drug-likeness (QED) is 0.493. The predicted octanol–water partition coefficient (Wildman–Crippen LogP) is 5.29. The number of anilines is 1. The van der Waals surface area contributed by atoms with Gasteiger partial charge in [0.1, 0.15) is 17.3 Å². The first kappa shape index (κ1) is 22.1. The molecule has 2 N–H and O–H groups in total. The summed E-state index contributed by atoms with van der Waals surface area (Å²) in [6.07, 6.45) is 1.46. The molecule has 31 heavy (non-hydrogen) atoms. The second kappa shape index (κ2) is 10.4. The van der Waals surface area contributed by atoms with Crippen LogP contribution in [-0.4, -0.2) is 18.4 Å². The van der Waals surface area contributed by atoms with E-state index in [1.165, 1.54) is 30.3 Å². The summed E-state index contributed by atoms with van der Waals surface area (Å²) in [5.41, 5.74) is 1.26. The first-order chi connectivity index (χ1) is 15.0. The molecule has 0 saturated carbocycles. The minimum atomic E-state index is -0.547. The van der Waals surface area contributed by atoms with Gasteiger partial charge in [-0.15, -0.1) is 0 Å². The molecule has 7 heteroatoms. The molecule has 0 aliphatic heterocycles. The molecule has 0 fully saturated rings. The maximum Gasteiger partial charge on any atom is 0.272 e. The molecule has 0 atom stereocenters. The first-order valence-electron chi connectivity index (χ1n) is 9.53. The van der Waals surface area contributed by atoms with E-state index in [2.05, 4.69) is 10.6 Å². The van der Waals surface area contributed by atoms with E-state index in [1.807, 2.05) is 6.92 Å². The molecule has 0 heterocycles. The van der Waals surface area contributed by atoms with Crippen LogP contribution in [0.5, 0.6) is 5.75 Å². The summed E-state index contributed by atoms with van der Waals surface area (Å²) in [5, 5.41) is 5.58. The number of carbonyl (C=O) groups excluding carboxylic acids is 2. The molecule has 0 spiro atoms. The first-order valence-corrected chi connectivity index (χ1v) is 9.91. The fourth-order valence-corrected chi connectivity index (χ4v) is 2.94. The maximum absolute atomic E-state index is 13.2. The van der Waals surface area contributed by atoms with Crippen molar-refractivity contribution in [3.63, 3.8) is 0 Å². The zero-order chi connectivity index (χ0) is 22.2. The van der Waals surface area contributed by atoms with Gasteiger partial charge in [-0.2, -0.15) is 0 Å². The van der Waals surface area contributed by atoms with Crippen LogP contribution in [0.15, 0.2) is 78.5 Å². The monoisotopic (exact) mass is 438 g/mol. The van der Waals surface area contributed by atoms with Crippen molar-refractivity contribution in [1.82, 2.24) is 5.32 Å². The molecule has 0 aliphatic rings. The third-order valence-corrected chi connectivity index (χ3v) is 4.55. The summed E-state index contributed by atoms with van der Waals surface area (Å²) in [7, 11) is 0. The van der Waals surface area contributed by atoms with Gasteiger partial charge in [-0.1, -0.05) is 35.9 Å². The number of benzene rings is 3. The normalized spacial score (nSPS) is 11.0. The van der Waals surface area contributed by atoms with Gasteiger partial charge in [0.2, 0.25) is 0 Å². The van der Waals surface area contributed by atoms with Gasteiger partial charge in [0.05, 0.1) is 17.2 Å². The topological polar surface area (TPSA) is 67.4 Å². The van der Waals surface area contributed by atoms with Crippen molar-refractivity contribution in [1.29, 1.82) is 0 Å². The molecule has 0 aromatic heterocycles. The van der Waals surface area contributed by atoms with Crippen LogP contribution in [0.3, 0.4) is 0 Å². The molecule has 158 valence electrons. The summed E-state index contributed by atoms with van der Waals surface area (Å²) >= 11 is 6.10. The third-order valence-electron chi connectivity index (χ3n) is 4.22. The molecule has 0 aliphatic carbocycles. The Morgan fingerprint density at radius 2 is 1.68 bits per heavy atom. The Morgan fingerprint density at radius 3 is 2.32 bits per heavy atom.